The second kappa shape index (κ2) is 2.10. The normalized spacial score (nSPS) is 31.1. The van der Waals surface area contributed by atoms with Gasteiger partial charge in [0.1, 0.15) is 0 Å². The molecule has 0 saturated heterocycles. The van der Waals surface area contributed by atoms with Crippen molar-refractivity contribution in [1.82, 2.24) is 9.78 Å². The lowest BCUT2D eigenvalue weighted by Crippen LogP contribution is -2.11. The molecule has 0 radical (unpaired) electrons. The maximum atomic E-state index is 9.07. The third-order valence-corrected chi connectivity index (χ3v) is 3.12. The molecule has 0 amide bonds. The Bertz CT molecular complexity index is 305. The fourth-order valence-corrected chi connectivity index (χ4v) is 2.35. The van der Waals surface area contributed by atoms with Gasteiger partial charge in [-0.3, -0.25) is 4.68 Å². The van der Waals surface area contributed by atoms with Gasteiger partial charge < -0.3 is 5.11 Å². The Morgan fingerprint density at radius 3 is 3.42 bits per heavy atom. The van der Waals surface area contributed by atoms with Gasteiger partial charge in [0.05, 0.1) is 12.8 Å². The number of rotatable bonds is 1. The lowest BCUT2D eigenvalue weighted by Gasteiger charge is -2.13. The van der Waals surface area contributed by atoms with E-state index in [0.717, 1.165) is 23.9 Å². The van der Waals surface area contributed by atoms with Crippen LogP contribution in [0.5, 0.6) is 0 Å². The first-order chi connectivity index (χ1) is 5.90. The summed E-state index contributed by atoms with van der Waals surface area (Å²) in [4.78, 5) is 0. The maximum absolute atomic E-state index is 9.07. The zero-order chi connectivity index (χ0) is 8.13. The van der Waals surface area contributed by atoms with Gasteiger partial charge in [-0.05, 0) is 18.8 Å². The van der Waals surface area contributed by atoms with Crippen LogP contribution in [-0.2, 0) is 13.2 Å². The summed E-state index contributed by atoms with van der Waals surface area (Å²) >= 11 is 0. The molecule has 2 aliphatic rings. The Balaban J connectivity index is 2.10. The summed E-state index contributed by atoms with van der Waals surface area (Å²) in [5, 5.41) is 13.3. The van der Waals surface area contributed by atoms with Crippen LogP contribution in [0, 0.1) is 5.92 Å². The average Bonchev–Trinajstić information content (AvgIpc) is 2.78. The molecule has 1 fully saturated rings. The third-order valence-electron chi connectivity index (χ3n) is 3.12. The summed E-state index contributed by atoms with van der Waals surface area (Å²) in [7, 11) is 0. The molecule has 1 aliphatic carbocycles. The molecule has 0 bridgehead atoms. The summed E-state index contributed by atoms with van der Waals surface area (Å²) in [5.74, 6) is 1.63. The lowest BCUT2D eigenvalue weighted by atomic mass is 10.1. The SMILES string of the molecule is OCc1cnn2c1C1CC1CC2. The van der Waals surface area contributed by atoms with Crippen molar-refractivity contribution in [2.45, 2.75) is 31.9 Å². The third kappa shape index (κ3) is 0.719. The number of aliphatic hydroxyl groups is 1. The van der Waals surface area contributed by atoms with Gasteiger partial charge in [-0.25, -0.2) is 0 Å². The van der Waals surface area contributed by atoms with Crippen LogP contribution < -0.4 is 0 Å². The van der Waals surface area contributed by atoms with E-state index in [-0.39, 0.29) is 6.61 Å². The van der Waals surface area contributed by atoms with Crippen LogP contribution in [0.3, 0.4) is 0 Å². The number of fused-ring (bicyclic) bond motifs is 3. The van der Waals surface area contributed by atoms with Gasteiger partial charge >= 0.3 is 0 Å². The number of nitrogens with zero attached hydrogens (tertiary/aromatic N) is 2. The summed E-state index contributed by atoms with van der Waals surface area (Å²) in [6.45, 7) is 1.20. The number of hydrogen-bond donors (Lipinski definition) is 1. The molecular weight excluding hydrogens is 152 g/mol. The van der Waals surface area contributed by atoms with Crippen LogP contribution >= 0.6 is 0 Å². The number of aliphatic hydroxyl groups excluding tert-OH is 1. The van der Waals surface area contributed by atoms with Gasteiger partial charge in [0.25, 0.3) is 0 Å². The Morgan fingerprint density at radius 2 is 2.58 bits per heavy atom. The molecule has 0 spiro atoms. The van der Waals surface area contributed by atoms with Gasteiger partial charge in [0.15, 0.2) is 0 Å². The van der Waals surface area contributed by atoms with Crippen molar-refractivity contribution in [2.75, 3.05) is 0 Å². The van der Waals surface area contributed by atoms with E-state index in [0.29, 0.717) is 0 Å². The summed E-state index contributed by atoms with van der Waals surface area (Å²) < 4.78 is 2.07. The van der Waals surface area contributed by atoms with Gasteiger partial charge in [0, 0.05) is 23.7 Å². The first-order valence-electron chi connectivity index (χ1n) is 4.55. The number of aromatic nitrogens is 2. The van der Waals surface area contributed by atoms with Crippen molar-refractivity contribution >= 4 is 0 Å². The zero-order valence-electron chi connectivity index (χ0n) is 6.90. The highest BCUT2D eigenvalue weighted by molar-refractivity contribution is 5.28. The monoisotopic (exact) mass is 164 g/mol. The number of aryl methyl sites for hydroxylation is 1. The van der Waals surface area contributed by atoms with Gasteiger partial charge in [-0.2, -0.15) is 5.10 Å². The molecule has 3 heteroatoms. The minimum absolute atomic E-state index is 0.151. The van der Waals surface area contributed by atoms with Crippen molar-refractivity contribution in [3.8, 4) is 0 Å². The van der Waals surface area contributed by atoms with Crippen molar-refractivity contribution in [1.29, 1.82) is 0 Å². The van der Waals surface area contributed by atoms with E-state index in [4.69, 9.17) is 5.11 Å². The molecular formula is C9H12N2O. The first kappa shape index (κ1) is 6.66. The van der Waals surface area contributed by atoms with Crippen molar-refractivity contribution in [3.05, 3.63) is 17.5 Å². The van der Waals surface area contributed by atoms with E-state index in [1.807, 2.05) is 6.20 Å². The van der Waals surface area contributed by atoms with Crippen molar-refractivity contribution in [2.24, 2.45) is 5.92 Å². The second-order valence-corrected chi connectivity index (χ2v) is 3.83. The highest BCUT2D eigenvalue weighted by Gasteiger charge is 2.44. The van der Waals surface area contributed by atoms with Crippen LogP contribution in [0.25, 0.3) is 0 Å². The van der Waals surface area contributed by atoms with Crippen molar-refractivity contribution in [3.63, 3.8) is 0 Å². The van der Waals surface area contributed by atoms with E-state index in [9.17, 15) is 0 Å². The highest BCUT2D eigenvalue weighted by Crippen LogP contribution is 2.53. The highest BCUT2D eigenvalue weighted by atomic mass is 16.3. The largest absolute Gasteiger partial charge is 0.392 e. The van der Waals surface area contributed by atoms with Crippen LogP contribution in [0.2, 0.25) is 0 Å². The molecule has 1 aromatic heterocycles. The van der Waals surface area contributed by atoms with E-state index >= 15 is 0 Å². The molecule has 1 aromatic rings. The summed E-state index contributed by atoms with van der Waals surface area (Å²) in [6.07, 6.45) is 4.42. The molecule has 3 nitrogen and oxygen atoms in total. The molecule has 2 heterocycles. The standard InChI is InChI=1S/C9H12N2O/c12-5-7-4-10-11-2-1-6-3-8(6)9(7)11/h4,6,8,12H,1-3,5H2. The van der Waals surface area contributed by atoms with Crippen LogP contribution in [-0.4, -0.2) is 14.9 Å². The Kier molecular flexibility index (Phi) is 1.17. The predicted molar refractivity (Wildman–Crippen MR) is 43.6 cm³/mol. The van der Waals surface area contributed by atoms with E-state index in [1.54, 1.807) is 0 Å². The first-order valence-corrected chi connectivity index (χ1v) is 4.55. The zero-order valence-corrected chi connectivity index (χ0v) is 6.90. The molecule has 12 heavy (non-hydrogen) atoms. The molecule has 2 unspecified atom stereocenters. The van der Waals surface area contributed by atoms with Gasteiger partial charge in [-0.1, -0.05) is 0 Å². The quantitative estimate of drug-likeness (QED) is 0.669. The van der Waals surface area contributed by atoms with E-state index in [2.05, 4.69) is 9.78 Å². The molecule has 64 valence electrons. The summed E-state index contributed by atoms with van der Waals surface area (Å²) in [5.41, 5.74) is 2.36. The smallest absolute Gasteiger partial charge is 0.0715 e. The molecule has 1 N–H and O–H groups in total. The molecule has 2 atom stereocenters. The van der Waals surface area contributed by atoms with Crippen LogP contribution in [0.4, 0.5) is 0 Å². The fourth-order valence-electron chi connectivity index (χ4n) is 2.35. The predicted octanol–water partition coefficient (Wildman–Crippen LogP) is 0.883. The van der Waals surface area contributed by atoms with Crippen LogP contribution in [0.1, 0.15) is 30.0 Å². The van der Waals surface area contributed by atoms with E-state index < -0.39 is 0 Å². The van der Waals surface area contributed by atoms with Crippen LogP contribution in [0.15, 0.2) is 6.20 Å². The lowest BCUT2D eigenvalue weighted by molar-refractivity contribution is 0.279. The van der Waals surface area contributed by atoms with Gasteiger partial charge in [0.2, 0.25) is 0 Å². The topological polar surface area (TPSA) is 38.1 Å². The second-order valence-electron chi connectivity index (χ2n) is 3.83. The average molecular weight is 164 g/mol. The maximum Gasteiger partial charge on any atom is 0.0715 e. The molecule has 0 aromatic carbocycles. The Hall–Kier alpha value is -0.830. The fraction of sp³-hybridized carbons (Fsp3) is 0.667. The summed E-state index contributed by atoms with van der Waals surface area (Å²) in [6, 6.07) is 0. The van der Waals surface area contributed by atoms with E-state index in [1.165, 1.54) is 18.5 Å². The Labute approximate surface area is 71.0 Å². The van der Waals surface area contributed by atoms with Gasteiger partial charge in [-0.15, -0.1) is 0 Å². The minimum Gasteiger partial charge on any atom is -0.392 e. The molecule has 1 aliphatic heterocycles. The van der Waals surface area contributed by atoms with Crippen molar-refractivity contribution < 1.29 is 5.11 Å². The minimum atomic E-state index is 0.151. The molecule has 1 saturated carbocycles. The Morgan fingerprint density at radius 1 is 1.67 bits per heavy atom. The molecule has 3 rings (SSSR count). The number of hydrogen-bond acceptors (Lipinski definition) is 2.